The molecule has 2 rings (SSSR count). The first-order valence-corrected chi connectivity index (χ1v) is 4.09. The molecule has 0 saturated heterocycles. The van der Waals surface area contributed by atoms with Crippen LogP contribution in [0.1, 0.15) is 12.0 Å². The van der Waals surface area contributed by atoms with Crippen LogP contribution in [0.25, 0.3) is 10.9 Å². The van der Waals surface area contributed by atoms with Gasteiger partial charge in [-0.3, -0.25) is 4.68 Å². The summed E-state index contributed by atoms with van der Waals surface area (Å²) >= 11 is 0. The number of anilines is 1. The topological polar surface area (TPSA) is 43.8 Å². The molecule has 1 aromatic carbocycles. The third-order valence-corrected chi connectivity index (χ3v) is 2.01. The minimum Gasteiger partial charge on any atom is -0.399 e. The zero-order chi connectivity index (χ0) is 10.3. The zero-order valence-corrected chi connectivity index (χ0v) is 8.76. The first-order chi connectivity index (χ1) is 6.58. The van der Waals surface area contributed by atoms with E-state index in [1.54, 1.807) is 19.3 Å². The van der Waals surface area contributed by atoms with Gasteiger partial charge < -0.3 is 5.73 Å². The highest BCUT2D eigenvalue weighted by molar-refractivity contribution is 5.85. The smallest absolute Gasteiger partial charge is 0.266 e. The molecule has 82 valence electrons. The van der Waals surface area contributed by atoms with Crippen LogP contribution in [0.5, 0.6) is 0 Å². The van der Waals surface area contributed by atoms with E-state index in [4.69, 9.17) is 5.73 Å². The predicted octanol–water partition coefficient (Wildman–Crippen LogP) is 2.51. The summed E-state index contributed by atoms with van der Waals surface area (Å²) in [6.45, 7) is 0. The van der Waals surface area contributed by atoms with Crippen molar-refractivity contribution in [3.05, 3.63) is 23.9 Å². The van der Waals surface area contributed by atoms with Crippen molar-refractivity contribution in [3.63, 3.8) is 0 Å². The van der Waals surface area contributed by atoms with E-state index in [0.717, 1.165) is 0 Å². The molecular formula is C9H10ClF2N3. The van der Waals surface area contributed by atoms with E-state index in [-0.39, 0.29) is 18.0 Å². The molecule has 0 aliphatic carbocycles. The van der Waals surface area contributed by atoms with Crippen LogP contribution in [-0.4, -0.2) is 9.78 Å². The minimum atomic E-state index is -2.55. The number of aromatic nitrogens is 2. The Kier molecular flexibility index (Phi) is 3.14. The Balaban J connectivity index is 0.00000112. The highest BCUT2D eigenvalue weighted by Crippen LogP contribution is 2.28. The fourth-order valence-corrected chi connectivity index (χ4v) is 1.47. The summed E-state index contributed by atoms with van der Waals surface area (Å²) in [6.07, 6.45) is -0.881. The van der Waals surface area contributed by atoms with E-state index >= 15 is 0 Å². The summed E-state index contributed by atoms with van der Waals surface area (Å²) < 4.78 is 26.7. The van der Waals surface area contributed by atoms with E-state index in [1.807, 2.05) is 0 Å². The molecule has 0 aliphatic heterocycles. The lowest BCUT2D eigenvalue weighted by Gasteiger charge is -2.01. The van der Waals surface area contributed by atoms with E-state index in [1.165, 1.54) is 10.7 Å². The molecule has 0 fully saturated rings. The summed E-state index contributed by atoms with van der Waals surface area (Å²) in [6, 6.07) is 2.90. The molecule has 0 bridgehead atoms. The van der Waals surface area contributed by atoms with Crippen LogP contribution >= 0.6 is 12.4 Å². The van der Waals surface area contributed by atoms with Crippen molar-refractivity contribution in [1.29, 1.82) is 0 Å². The maximum atomic E-state index is 12.6. The maximum Gasteiger partial charge on any atom is 0.266 e. The number of nitrogens with two attached hydrogens (primary N) is 1. The molecule has 6 heteroatoms. The summed E-state index contributed by atoms with van der Waals surface area (Å²) in [5.74, 6) is 0. The highest BCUT2D eigenvalue weighted by Gasteiger charge is 2.14. The average Bonchev–Trinajstić information content (AvgIpc) is 2.42. The van der Waals surface area contributed by atoms with Crippen LogP contribution < -0.4 is 5.73 Å². The Labute approximate surface area is 91.3 Å². The van der Waals surface area contributed by atoms with Crippen molar-refractivity contribution in [3.8, 4) is 0 Å². The maximum absolute atomic E-state index is 12.6. The Hall–Kier alpha value is -1.36. The fraction of sp³-hybridized carbons (Fsp3) is 0.222. The van der Waals surface area contributed by atoms with Crippen LogP contribution in [-0.2, 0) is 7.05 Å². The zero-order valence-electron chi connectivity index (χ0n) is 7.95. The van der Waals surface area contributed by atoms with Crippen LogP contribution in [0.3, 0.4) is 0 Å². The number of hydrogen-bond donors (Lipinski definition) is 1. The van der Waals surface area contributed by atoms with Gasteiger partial charge in [0.1, 0.15) is 5.52 Å². The number of fused-ring (bicyclic) bond motifs is 1. The summed E-state index contributed by atoms with van der Waals surface area (Å²) in [4.78, 5) is 0. The summed E-state index contributed by atoms with van der Waals surface area (Å²) in [7, 11) is 1.69. The van der Waals surface area contributed by atoms with Gasteiger partial charge >= 0.3 is 0 Å². The second-order valence-corrected chi connectivity index (χ2v) is 3.15. The van der Waals surface area contributed by atoms with Crippen LogP contribution in [0.2, 0.25) is 0 Å². The van der Waals surface area contributed by atoms with Gasteiger partial charge in [0.05, 0.1) is 0 Å². The molecule has 0 aliphatic rings. The number of nitrogen functional groups attached to an aromatic ring is 1. The Morgan fingerprint density at radius 1 is 1.40 bits per heavy atom. The third kappa shape index (κ3) is 2.02. The number of nitrogens with zero attached hydrogens (tertiary/aromatic N) is 2. The molecule has 0 saturated carbocycles. The largest absolute Gasteiger partial charge is 0.399 e. The average molecular weight is 234 g/mol. The Morgan fingerprint density at radius 3 is 2.67 bits per heavy atom. The number of hydrogen-bond acceptors (Lipinski definition) is 2. The second-order valence-electron chi connectivity index (χ2n) is 3.15. The molecule has 1 heterocycles. The first-order valence-electron chi connectivity index (χ1n) is 4.09. The number of benzene rings is 1. The SMILES string of the molecule is Cl.Cn1cc2cc(N)cc(C(F)F)c2n1. The molecule has 15 heavy (non-hydrogen) atoms. The van der Waals surface area contributed by atoms with Gasteiger partial charge in [-0.25, -0.2) is 8.78 Å². The van der Waals surface area contributed by atoms with Gasteiger partial charge in [-0.05, 0) is 12.1 Å². The van der Waals surface area contributed by atoms with Crippen molar-refractivity contribution >= 4 is 29.0 Å². The third-order valence-electron chi connectivity index (χ3n) is 2.01. The fourth-order valence-electron chi connectivity index (χ4n) is 1.47. The molecule has 0 unspecified atom stereocenters. The van der Waals surface area contributed by atoms with Gasteiger partial charge in [0.15, 0.2) is 0 Å². The number of halogens is 3. The molecule has 2 N–H and O–H groups in total. The monoisotopic (exact) mass is 233 g/mol. The molecule has 1 aromatic heterocycles. The predicted molar refractivity (Wildman–Crippen MR) is 57.3 cm³/mol. The number of rotatable bonds is 1. The van der Waals surface area contributed by atoms with Gasteiger partial charge in [-0.15, -0.1) is 12.4 Å². The quantitative estimate of drug-likeness (QED) is 0.770. The van der Waals surface area contributed by atoms with E-state index < -0.39 is 6.43 Å². The molecule has 0 amide bonds. The van der Waals surface area contributed by atoms with Crippen molar-refractivity contribution < 1.29 is 8.78 Å². The van der Waals surface area contributed by atoms with Crippen LogP contribution in [0.4, 0.5) is 14.5 Å². The van der Waals surface area contributed by atoms with Gasteiger partial charge in [0, 0.05) is 29.9 Å². The lowest BCUT2D eigenvalue weighted by atomic mass is 10.1. The highest BCUT2D eigenvalue weighted by atomic mass is 35.5. The van der Waals surface area contributed by atoms with Gasteiger partial charge in [0.25, 0.3) is 6.43 Å². The molecule has 0 spiro atoms. The number of aryl methyl sites for hydroxylation is 1. The standard InChI is InChI=1S/C9H9F2N3.ClH/c1-14-4-5-2-6(12)3-7(9(10)11)8(5)13-14;/h2-4,9H,12H2,1H3;1H. The van der Waals surface area contributed by atoms with E-state index in [2.05, 4.69) is 5.10 Å². The van der Waals surface area contributed by atoms with E-state index in [9.17, 15) is 8.78 Å². The Bertz CT molecular complexity index is 481. The summed E-state index contributed by atoms with van der Waals surface area (Å²) in [5.41, 5.74) is 6.04. The lowest BCUT2D eigenvalue weighted by Crippen LogP contribution is -1.92. The van der Waals surface area contributed by atoms with Crippen molar-refractivity contribution in [1.82, 2.24) is 9.78 Å². The molecule has 0 atom stereocenters. The van der Waals surface area contributed by atoms with Crippen molar-refractivity contribution in [2.45, 2.75) is 6.43 Å². The normalized spacial score (nSPS) is 10.7. The molecule has 3 nitrogen and oxygen atoms in total. The van der Waals surface area contributed by atoms with Crippen molar-refractivity contribution in [2.75, 3.05) is 5.73 Å². The first kappa shape index (κ1) is 11.7. The lowest BCUT2D eigenvalue weighted by molar-refractivity contribution is 0.153. The molecular weight excluding hydrogens is 224 g/mol. The summed E-state index contributed by atoms with van der Waals surface area (Å²) in [5, 5.41) is 4.60. The van der Waals surface area contributed by atoms with E-state index in [0.29, 0.717) is 16.6 Å². The van der Waals surface area contributed by atoms with Crippen LogP contribution in [0, 0.1) is 0 Å². The van der Waals surface area contributed by atoms with Crippen molar-refractivity contribution in [2.24, 2.45) is 7.05 Å². The van der Waals surface area contributed by atoms with Gasteiger partial charge in [-0.1, -0.05) is 0 Å². The Morgan fingerprint density at radius 2 is 2.07 bits per heavy atom. The minimum absolute atomic E-state index is 0. The van der Waals surface area contributed by atoms with Gasteiger partial charge in [-0.2, -0.15) is 5.10 Å². The molecule has 0 radical (unpaired) electrons. The number of alkyl halides is 2. The van der Waals surface area contributed by atoms with Gasteiger partial charge in [0.2, 0.25) is 0 Å². The second kappa shape index (κ2) is 4.02. The van der Waals surface area contributed by atoms with Crippen LogP contribution in [0.15, 0.2) is 18.3 Å². The molecule has 2 aromatic rings.